The maximum atomic E-state index is 5.26. The van der Waals surface area contributed by atoms with Crippen LogP contribution in [0.1, 0.15) is 5.82 Å². The van der Waals surface area contributed by atoms with Gasteiger partial charge in [-0.1, -0.05) is 0 Å². The van der Waals surface area contributed by atoms with Crippen LogP contribution in [-0.2, 0) is 7.05 Å². The highest BCUT2D eigenvalue weighted by molar-refractivity contribution is 4.61. The second-order valence-electron chi connectivity index (χ2n) is 1.59. The summed E-state index contributed by atoms with van der Waals surface area (Å²) < 4.78 is 1.60. The molecule has 0 aliphatic carbocycles. The van der Waals surface area contributed by atoms with Gasteiger partial charge < -0.3 is 0 Å². The molecular weight excluding hydrogens is 106 g/mol. The summed E-state index contributed by atoms with van der Waals surface area (Å²) in [5.74, 6) is 6.09. The smallest absolute Gasteiger partial charge is 0.258 e. The van der Waals surface area contributed by atoms with Gasteiger partial charge in [0.2, 0.25) is 0 Å². The molecule has 1 heterocycles. The molecule has 0 fully saturated rings. The first-order valence-electron chi connectivity index (χ1n) is 2.25. The second-order valence-corrected chi connectivity index (χ2v) is 1.59. The summed E-state index contributed by atoms with van der Waals surface area (Å²) in [6, 6.07) is 0. The number of tetrazole rings is 1. The lowest BCUT2D eigenvalue weighted by Crippen LogP contribution is -2.34. The molecule has 1 rings (SSSR count). The molecule has 0 amide bonds. The number of hydrogen-bond acceptors (Lipinski definition) is 3. The van der Waals surface area contributed by atoms with Crippen LogP contribution in [0.15, 0.2) is 0 Å². The third kappa shape index (κ3) is 0.518. The van der Waals surface area contributed by atoms with Crippen molar-refractivity contribution in [2.45, 2.75) is 6.92 Å². The summed E-state index contributed by atoms with van der Waals surface area (Å²) >= 11 is 0. The van der Waals surface area contributed by atoms with Crippen molar-refractivity contribution in [3.8, 4) is 0 Å². The number of hydrogen-bond donors (Lipinski definition) is 1. The molecule has 0 bridgehead atoms. The summed E-state index contributed by atoms with van der Waals surface area (Å²) in [7, 11) is 1.78. The van der Waals surface area contributed by atoms with E-state index in [1.165, 1.54) is 4.79 Å². The fourth-order valence-electron chi connectivity index (χ4n) is 0.381. The van der Waals surface area contributed by atoms with E-state index in [9.17, 15) is 0 Å². The molecule has 44 valence electrons. The van der Waals surface area contributed by atoms with Crippen molar-refractivity contribution < 1.29 is 4.68 Å². The van der Waals surface area contributed by atoms with Crippen LogP contribution in [0.25, 0.3) is 0 Å². The molecule has 5 nitrogen and oxygen atoms in total. The zero-order valence-corrected chi connectivity index (χ0v) is 4.87. The van der Waals surface area contributed by atoms with E-state index in [2.05, 4.69) is 10.4 Å². The van der Waals surface area contributed by atoms with Gasteiger partial charge >= 0.3 is 0 Å². The highest BCUT2D eigenvalue weighted by Crippen LogP contribution is 1.72. The normalized spacial score (nSPS) is 9.75. The van der Waals surface area contributed by atoms with Gasteiger partial charge in [-0.2, -0.15) is 0 Å². The van der Waals surface area contributed by atoms with E-state index in [0.717, 1.165) is 5.82 Å². The maximum absolute atomic E-state index is 5.26. The SMILES string of the molecule is Cc1n(N)nn[n+]1C. The fourth-order valence-corrected chi connectivity index (χ4v) is 0.381. The molecular formula is C3H8N5+. The Hall–Kier alpha value is -1.13. The number of aryl methyl sites for hydroxylation is 1. The molecule has 0 aliphatic heterocycles. The van der Waals surface area contributed by atoms with Gasteiger partial charge in [0.1, 0.15) is 5.21 Å². The van der Waals surface area contributed by atoms with Crippen molar-refractivity contribution in [1.82, 2.24) is 15.2 Å². The van der Waals surface area contributed by atoms with Crippen molar-refractivity contribution in [1.29, 1.82) is 0 Å². The van der Waals surface area contributed by atoms with Crippen molar-refractivity contribution >= 4 is 0 Å². The maximum Gasteiger partial charge on any atom is 0.280 e. The zero-order chi connectivity index (χ0) is 6.15. The summed E-state index contributed by atoms with van der Waals surface area (Å²) in [5, 5.41) is 7.14. The monoisotopic (exact) mass is 114 g/mol. The van der Waals surface area contributed by atoms with Crippen LogP contribution in [0, 0.1) is 6.92 Å². The molecule has 5 heteroatoms. The molecule has 2 N–H and O–H groups in total. The van der Waals surface area contributed by atoms with Crippen molar-refractivity contribution in [3.05, 3.63) is 5.82 Å². The van der Waals surface area contributed by atoms with Crippen LogP contribution in [-0.4, -0.2) is 15.2 Å². The highest BCUT2D eigenvalue weighted by Gasteiger charge is 2.06. The summed E-state index contributed by atoms with van der Waals surface area (Å²) in [6.07, 6.45) is 0. The van der Waals surface area contributed by atoms with Gasteiger partial charge in [-0.15, -0.1) is 4.68 Å². The van der Waals surface area contributed by atoms with Gasteiger partial charge in [0.25, 0.3) is 5.82 Å². The van der Waals surface area contributed by atoms with Gasteiger partial charge in [-0.25, -0.2) is 0 Å². The minimum absolute atomic E-state index is 0.824. The Bertz CT molecular complexity index is 170. The average molecular weight is 114 g/mol. The molecule has 0 aliphatic rings. The largest absolute Gasteiger partial charge is 0.280 e. The number of nitrogen functional groups attached to an aromatic ring is 1. The molecule has 1 aromatic rings. The third-order valence-corrected chi connectivity index (χ3v) is 1.07. The van der Waals surface area contributed by atoms with Crippen LogP contribution in [0.5, 0.6) is 0 Å². The van der Waals surface area contributed by atoms with Crippen LogP contribution in [0.3, 0.4) is 0 Å². The minimum atomic E-state index is 0.824. The van der Waals surface area contributed by atoms with Crippen molar-refractivity contribution in [2.24, 2.45) is 7.05 Å². The second kappa shape index (κ2) is 1.43. The molecule has 0 radical (unpaired) electrons. The van der Waals surface area contributed by atoms with Crippen LogP contribution in [0.2, 0.25) is 0 Å². The number of nitrogens with zero attached hydrogens (tertiary/aromatic N) is 4. The van der Waals surface area contributed by atoms with Crippen LogP contribution in [0.4, 0.5) is 0 Å². The van der Waals surface area contributed by atoms with Crippen LogP contribution < -0.4 is 10.5 Å². The molecule has 1 aromatic heterocycles. The Morgan fingerprint density at radius 3 is 2.50 bits per heavy atom. The molecule has 0 spiro atoms. The first kappa shape index (κ1) is 5.02. The topological polar surface area (TPSA) is 60.6 Å². The minimum Gasteiger partial charge on any atom is -0.258 e. The van der Waals surface area contributed by atoms with Gasteiger partial charge in [0.15, 0.2) is 5.21 Å². The Balaban J connectivity index is 3.19. The van der Waals surface area contributed by atoms with Crippen molar-refractivity contribution in [2.75, 3.05) is 5.84 Å². The van der Waals surface area contributed by atoms with Crippen molar-refractivity contribution in [3.63, 3.8) is 0 Å². The van der Waals surface area contributed by atoms with E-state index in [0.29, 0.717) is 0 Å². The number of nitrogens with two attached hydrogens (primary N) is 1. The average Bonchev–Trinajstić information content (AvgIpc) is 1.98. The Morgan fingerprint density at radius 1 is 1.75 bits per heavy atom. The lowest BCUT2D eigenvalue weighted by molar-refractivity contribution is -0.737. The molecule has 8 heavy (non-hydrogen) atoms. The van der Waals surface area contributed by atoms with E-state index in [-0.39, 0.29) is 0 Å². The van der Waals surface area contributed by atoms with Gasteiger partial charge in [-0.3, -0.25) is 5.84 Å². The van der Waals surface area contributed by atoms with Gasteiger partial charge in [0.05, 0.1) is 7.05 Å². The Morgan fingerprint density at radius 2 is 2.38 bits per heavy atom. The number of aromatic nitrogens is 4. The third-order valence-electron chi connectivity index (χ3n) is 1.07. The predicted octanol–water partition coefficient (Wildman–Crippen LogP) is -1.88. The quantitative estimate of drug-likeness (QED) is 0.317. The Kier molecular flexibility index (Phi) is 0.896. The highest BCUT2D eigenvalue weighted by atomic mass is 15.7. The lowest BCUT2D eigenvalue weighted by atomic mass is 10.7. The molecule has 0 atom stereocenters. The Labute approximate surface area is 46.7 Å². The van der Waals surface area contributed by atoms with E-state index in [1.807, 2.05) is 6.92 Å². The van der Waals surface area contributed by atoms with E-state index in [4.69, 9.17) is 5.84 Å². The summed E-state index contributed by atoms with van der Waals surface area (Å²) in [5.41, 5.74) is 0. The van der Waals surface area contributed by atoms with Gasteiger partial charge in [0, 0.05) is 11.7 Å². The first-order valence-corrected chi connectivity index (χ1v) is 2.25. The van der Waals surface area contributed by atoms with E-state index >= 15 is 0 Å². The first-order chi connectivity index (χ1) is 3.72. The zero-order valence-electron chi connectivity index (χ0n) is 4.87. The van der Waals surface area contributed by atoms with Crippen LogP contribution >= 0.6 is 0 Å². The standard InChI is InChI=1S/C3H8N5/c1-3-7(2)5-6-8(3)4/h4H2,1-2H3/q+1. The molecule has 0 unspecified atom stereocenters. The molecule has 0 aromatic carbocycles. The number of rotatable bonds is 0. The van der Waals surface area contributed by atoms with Gasteiger partial charge in [-0.05, 0) is 0 Å². The summed E-state index contributed by atoms with van der Waals surface area (Å²) in [6.45, 7) is 1.83. The predicted molar refractivity (Wildman–Crippen MR) is 26.1 cm³/mol. The van der Waals surface area contributed by atoms with E-state index in [1.54, 1.807) is 11.7 Å². The molecule has 0 saturated carbocycles. The molecule has 0 saturated heterocycles. The fraction of sp³-hybridized carbons (Fsp3) is 0.667. The van der Waals surface area contributed by atoms with E-state index < -0.39 is 0 Å². The lowest BCUT2D eigenvalue weighted by Gasteiger charge is -1.78. The summed E-state index contributed by atoms with van der Waals surface area (Å²) in [4.78, 5) is 1.22.